The molecule has 1 aromatic heterocycles. The van der Waals surface area contributed by atoms with E-state index >= 15 is 0 Å². The van der Waals surface area contributed by atoms with Crippen molar-refractivity contribution >= 4 is 10.9 Å². The Morgan fingerprint density at radius 3 is 2.52 bits per heavy atom. The lowest BCUT2D eigenvalue weighted by Crippen LogP contribution is -2.15. The molecule has 29 heavy (non-hydrogen) atoms. The first-order chi connectivity index (χ1) is 14.1. The molecule has 0 saturated carbocycles. The van der Waals surface area contributed by atoms with Crippen molar-refractivity contribution < 1.29 is 13.9 Å². The second-order valence-corrected chi connectivity index (χ2v) is 6.91. The number of hydrogen-bond acceptors (Lipinski definition) is 4. The minimum Gasteiger partial charge on any atom is -0.497 e. The highest BCUT2D eigenvalue weighted by Crippen LogP contribution is 2.30. The molecule has 2 aromatic carbocycles. The highest BCUT2D eigenvalue weighted by molar-refractivity contribution is 5.89. The summed E-state index contributed by atoms with van der Waals surface area (Å²) >= 11 is 0. The summed E-state index contributed by atoms with van der Waals surface area (Å²) in [5.74, 6) is 0.672. The first-order valence-corrected chi connectivity index (χ1v) is 9.93. The van der Waals surface area contributed by atoms with Crippen LogP contribution in [0.15, 0.2) is 47.4 Å². The predicted molar refractivity (Wildman–Crippen MR) is 114 cm³/mol. The van der Waals surface area contributed by atoms with Gasteiger partial charge in [-0.2, -0.15) is 0 Å². The van der Waals surface area contributed by atoms with Gasteiger partial charge >= 0.3 is 0 Å². The lowest BCUT2D eigenvalue weighted by atomic mass is 10.0. The van der Waals surface area contributed by atoms with Crippen LogP contribution >= 0.6 is 0 Å². The number of pyridine rings is 1. The molecule has 0 unspecified atom stereocenters. The average Bonchev–Trinajstić information content (AvgIpc) is 2.74. The third-order valence-electron chi connectivity index (χ3n) is 4.85. The van der Waals surface area contributed by atoms with Crippen molar-refractivity contribution in [3.05, 3.63) is 58.6 Å². The molecule has 0 fully saturated rings. The first kappa shape index (κ1) is 20.9. The Bertz CT molecular complexity index is 1030. The third-order valence-corrected chi connectivity index (χ3v) is 4.85. The Morgan fingerprint density at radius 1 is 1.10 bits per heavy atom. The summed E-state index contributed by atoms with van der Waals surface area (Å²) in [5.41, 5.74) is 6.95. The van der Waals surface area contributed by atoms with E-state index in [1.54, 1.807) is 43.6 Å². The van der Waals surface area contributed by atoms with Crippen molar-refractivity contribution in [2.24, 2.45) is 5.73 Å². The Labute approximate surface area is 169 Å². The zero-order valence-corrected chi connectivity index (χ0v) is 16.9. The second-order valence-electron chi connectivity index (χ2n) is 6.91. The molecule has 154 valence electrons. The van der Waals surface area contributed by atoms with Gasteiger partial charge in [0.2, 0.25) is 0 Å². The van der Waals surface area contributed by atoms with Crippen molar-refractivity contribution in [1.29, 1.82) is 0 Å². The Balaban J connectivity index is 2.24. The maximum Gasteiger partial charge on any atom is 0.200 e. The van der Waals surface area contributed by atoms with Crippen LogP contribution in [0.2, 0.25) is 0 Å². The number of nitrogens with two attached hydrogens (primary N) is 1. The molecule has 0 radical (unpaired) electrons. The molecular formula is C23H27FN2O3. The lowest BCUT2D eigenvalue weighted by Gasteiger charge is -2.17. The van der Waals surface area contributed by atoms with Gasteiger partial charge in [0.25, 0.3) is 0 Å². The summed E-state index contributed by atoms with van der Waals surface area (Å²) in [6.45, 7) is 3.69. The fourth-order valence-electron chi connectivity index (χ4n) is 3.37. The number of nitrogens with zero attached hydrogens (tertiary/aromatic N) is 1. The molecule has 0 aliphatic rings. The maximum absolute atomic E-state index is 14.8. The summed E-state index contributed by atoms with van der Waals surface area (Å²) in [7, 11) is 1.59. The number of unbranched alkanes of at least 4 members (excludes halogenated alkanes) is 1. The molecule has 0 aliphatic heterocycles. The van der Waals surface area contributed by atoms with Gasteiger partial charge in [-0.3, -0.25) is 4.79 Å². The van der Waals surface area contributed by atoms with E-state index in [-0.39, 0.29) is 10.8 Å². The Morgan fingerprint density at radius 2 is 1.86 bits per heavy atom. The van der Waals surface area contributed by atoms with Gasteiger partial charge in [0.1, 0.15) is 17.3 Å². The number of methoxy groups -OCH3 is 1. The Hall–Kier alpha value is -2.86. The van der Waals surface area contributed by atoms with Crippen LogP contribution < -0.4 is 20.6 Å². The molecule has 0 atom stereocenters. The molecule has 0 spiro atoms. The van der Waals surface area contributed by atoms with Gasteiger partial charge in [-0.05, 0) is 55.6 Å². The van der Waals surface area contributed by atoms with Crippen LogP contribution in [0.4, 0.5) is 4.39 Å². The van der Waals surface area contributed by atoms with Gasteiger partial charge < -0.3 is 19.8 Å². The van der Waals surface area contributed by atoms with Gasteiger partial charge in [0.15, 0.2) is 5.43 Å². The minimum atomic E-state index is -0.545. The van der Waals surface area contributed by atoms with Crippen LogP contribution in [0, 0.1) is 5.82 Å². The summed E-state index contributed by atoms with van der Waals surface area (Å²) in [6.07, 6.45) is 4.27. The topological polar surface area (TPSA) is 66.5 Å². The van der Waals surface area contributed by atoms with Crippen LogP contribution in [0.25, 0.3) is 22.0 Å². The van der Waals surface area contributed by atoms with Crippen molar-refractivity contribution in [2.75, 3.05) is 20.3 Å². The van der Waals surface area contributed by atoms with Crippen molar-refractivity contribution in [3.63, 3.8) is 0 Å². The van der Waals surface area contributed by atoms with Gasteiger partial charge in [-0.15, -0.1) is 0 Å². The molecule has 3 rings (SSSR count). The number of halogens is 1. The van der Waals surface area contributed by atoms with Crippen LogP contribution in [0.1, 0.15) is 26.2 Å². The number of ether oxygens (including phenoxy) is 2. The smallest absolute Gasteiger partial charge is 0.200 e. The van der Waals surface area contributed by atoms with E-state index < -0.39 is 5.82 Å². The molecule has 1 heterocycles. The first-order valence-electron chi connectivity index (χ1n) is 9.93. The normalized spacial score (nSPS) is 11.0. The average molecular weight is 398 g/mol. The van der Waals surface area contributed by atoms with Crippen LogP contribution in [-0.4, -0.2) is 24.8 Å². The van der Waals surface area contributed by atoms with Crippen LogP contribution in [0.5, 0.6) is 11.5 Å². The van der Waals surface area contributed by atoms with Gasteiger partial charge in [-0.1, -0.05) is 19.1 Å². The fraction of sp³-hybridized carbons (Fsp3) is 0.348. The standard InChI is InChI=1S/C23H27FN2O3/c1-3-14-29-20-11-10-19(24)21-22(20)26(13-5-4-12-25)15-18(23(21)27)16-6-8-17(28-2)9-7-16/h6-11,15H,3-5,12-14,25H2,1-2H3. The molecular weight excluding hydrogens is 371 g/mol. The molecule has 6 heteroatoms. The molecule has 0 aliphatic carbocycles. The summed E-state index contributed by atoms with van der Waals surface area (Å²) in [4.78, 5) is 13.3. The van der Waals surface area contributed by atoms with Gasteiger partial charge in [-0.25, -0.2) is 4.39 Å². The highest BCUT2D eigenvalue weighted by atomic mass is 19.1. The third kappa shape index (κ3) is 4.43. The predicted octanol–water partition coefficient (Wildman–Crippen LogP) is 4.34. The molecule has 0 bridgehead atoms. The second kappa shape index (κ2) is 9.56. The largest absolute Gasteiger partial charge is 0.497 e. The fourth-order valence-corrected chi connectivity index (χ4v) is 3.37. The van der Waals surface area contributed by atoms with E-state index in [2.05, 4.69) is 0 Å². The van der Waals surface area contributed by atoms with E-state index in [0.29, 0.717) is 47.8 Å². The number of fused-ring (bicyclic) bond motifs is 1. The van der Waals surface area contributed by atoms with E-state index in [0.717, 1.165) is 19.3 Å². The van der Waals surface area contributed by atoms with E-state index in [9.17, 15) is 9.18 Å². The minimum absolute atomic E-state index is 0.0552. The summed E-state index contributed by atoms with van der Waals surface area (Å²) < 4.78 is 27.8. The highest BCUT2D eigenvalue weighted by Gasteiger charge is 2.18. The number of rotatable bonds is 9. The molecule has 2 N–H and O–H groups in total. The monoisotopic (exact) mass is 398 g/mol. The van der Waals surface area contributed by atoms with E-state index in [4.69, 9.17) is 15.2 Å². The molecule has 5 nitrogen and oxygen atoms in total. The number of aryl methyl sites for hydroxylation is 1. The van der Waals surface area contributed by atoms with Crippen molar-refractivity contribution in [2.45, 2.75) is 32.7 Å². The zero-order chi connectivity index (χ0) is 20.8. The number of aromatic nitrogens is 1. The number of benzene rings is 2. The Kier molecular flexibility index (Phi) is 6.88. The summed E-state index contributed by atoms with van der Waals surface area (Å²) in [6, 6.07) is 10.1. The van der Waals surface area contributed by atoms with E-state index in [1.807, 2.05) is 11.5 Å². The van der Waals surface area contributed by atoms with Gasteiger partial charge in [0.05, 0.1) is 24.6 Å². The quantitative estimate of drug-likeness (QED) is 0.545. The molecule has 0 saturated heterocycles. The lowest BCUT2D eigenvalue weighted by molar-refractivity contribution is 0.319. The molecule has 3 aromatic rings. The molecule has 0 amide bonds. The zero-order valence-electron chi connectivity index (χ0n) is 16.9. The summed E-state index contributed by atoms with van der Waals surface area (Å²) in [5, 5.41) is 0.0552. The van der Waals surface area contributed by atoms with E-state index in [1.165, 1.54) is 6.07 Å². The van der Waals surface area contributed by atoms with Gasteiger partial charge in [0, 0.05) is 18.3 Å². The van der Waals surface area contributed by atoms with Crippen LogP contribution in [0.3, 0.4) is 0 Å². The number of hydrogen-bond donors (Lipinski definition) is 1. The van der Waals surface area contributed by atoms with Crippen molar-refractivity contribution in [1.82, 2.24) is 4.57 Å². The SMILES string of the molecule is CCCOc1ccc(F)c2c(=O)c(-c3ccc(OC)cc3)cn(CCCCN)c12. The maximum atomic E-state index is 14.8. The van der Waals surface area contributed by atoms with Crippen molar-refractivity contribution in [3.8, 4) is 22.6 Å². The van der Waals surface area contributed by atoms with Crippen LogP contribution in [-0.2, 0) is 6.54 Å².